The molecule has 0 spiro atoms. The lowest BCUT2D eigenvalue weighted by atomic mass is 9.73. The summed E-state index contributed by atoms with van der Waals surface area (Å²) < 4.78 is 0. The lowest BCUT2D eigenvalue weighted by Crippen LogP contribution is -2.23. The summed E-state index contributed by atoms with van der Waals surface area (Å²) in [5.74, 6) is 0.726. The smallest absolute Gasteiger partial charge is 0.0000725 e. The Morgan fingerprint density at radius 2 is 1.11 bits per heavy atom. The third kappa shape index (κ3) is 11.1. The van der Waals surface area contributed by atoms with Crippen LogP contribution in [-0.4, -0.2) is 0 Å². The van der Waals surface area contributed by atoms with E-state index in [1.54, 1.807) is 5.57 Å². The average molecular weight is 485 g/mol. The van der Waals surface area contributed by atoms with Gasteiger partial charge in [-0.25, -0.2) is 0 Å². The Labute approximate surface area is 223 Å². The van der Waals surface area contributed by atoms with Crippen LogP contribution in [-0.2, 0) is 10.8 Å². The normalized spacial score (nSPS) is 20.3. The lowest BCUT2D eigenvalue weighted by molar-refractivity contribution is 0.251. The second-order valence-corrected chi connectivity index (χ2v) is 13.9. The molecule has 0 N–H and O–H groups in total. The Morgan fingerprint density at radius 3 is 1.29 bits per heavy atom. The minimum absolute atomic E-state index is 0.260. The van der Waals surface area contributed by atoms with Gasteiger partial charge in [-0.2, -0.15) is 0 Å². The minimum atomic E-state index is 0.260. The van der Waals surface area contributed by atoms with E-state index < -0.39 is 0 Å². The average Bonchev–Trinajstić information content (AvgIpc) is 3.50. The topological polar surface area (TPSA) is 0 Å². The van der Waals surface area contributed by atoms with E-state index in [2.05, 4.69) is 133 Å². The van der Waals surface area contributed by atoms with Gasteiger partial charge < -0.3 is 0 Å². The van der Waals surface area contributed by atoms with Gasteiger partial charge >= 0.3 is 0 Å². The largest absolute Gasteiger partial charge is 0.102 e. The molecule has 1 saturated carbocycles. The van der Waals surface area contributed by atoms with Crippen molar-refractivity contribution >= 4 is 0 Å². The van der Waals surface area contributed by atoms with Crippen LogP contribution >= 0.6 is 0 Å². The molecular weight excluding hydrogens is 420 g/mol. The molecule has 1 fully saturated rings. The zero-order chi connectivity index (χ0) is 28.5. The minimum Gasteiger partial charge on any atom is -0.102 e. The summed E-state index contributed by atoms with van der Waals surface area (Å²) in [6, 6.07) is 9.00. The van der Waals surface area contributed by atoms with E-state index >= 15 is 0 Å². The Hall–Kier alpha value is -1.30. The monoisotopic (exact) mass is 485 g/mol. The van der Waals surface area contributed by atoms with Gasteiger partial charge in [-0.3, -0.25) is 0 Å². The summed E-state index contributed by atoms with van der Waals surface area (Å²) in [4.78, 5) is 0. The third-order valence-corrected chi connectivity index (χ3v) is 6.93. The molecule has 204 valence electrons. The van der Waals surface area contributed by atoms with E-state index in [0.717, 1.165) is 5.92 Å². The Balaban J connectivity index is 0. The first kappa shape index (κ1) is 35.9. The third-order valence-electron chi connectivity index (χ3n) is 6.93. The van der Waals surface area contributed by atoms with Gasteiger partial charge in [-0.1, -0.05) is 153 Å². The highest BCUT2D eigenvalue weighted by molar-refractivity contribution is 5.31. The van der Waals surface area contributed by atoms with E-state index in [0.29, 0.717) is 16.2 Å². The standard InChI is InChI=1S/C17H30.C14H22.2C2H6/c1-9-13(11-15(3,4)5)14-12-17(14,10-2)16(6,7)8;1-13(2,3)11-7-9-12(10-8-11)14(4,5)6;2*1-2/h9-10,14H,2,11-12H2,1,3-8H3;7-10H,1-6H3;2*1-2H3/b13-9-;;;. The van der Waals surface area contributed by atoms with Gasteiger partial charge in [0.05, 0.1) is 0 Å². The number of rotatable bonds is 3. The van der Waals surface area contributed by atoms with Crippen LogP contribution in [0.4, 0.5) is 0 Å². The van der Waals surface area contributed by atoms with Gasteiger partial charge in [-0.05, 0) is 63.9 Å². The van der Waals surface area contributed by atoms with Crippen molar-refractivity contribution in [2.24, 2.45) is 22.2 Å². The van der Waals surface area contributed by atoms with E-state index in [1.807, 2.05) is 27.7 Å². The van der Waals surface area contributed by atoms with Gasteiger partial charge in [0.15, 0.2) is 0 Å². The molecule has 2 unspecified atom stereocenters. The summed E-state index contributed by atoms with van der Waals surface area (Å²) in [6.07, 6.45) is 7.05. The lowest BCUT2D eigenvalue weighted by Gasteiger charge is -2.31. The van der Waals surface area contributed by atoms with Gasteiger partial charge in [-0.15, -0.1) is 6.58 Å². The molecule has 35 heavy (non-hydrogen) atoms. The van der Waals surface area contributed by atoms with Crippen molar-refractivity contribution in [1.82, 2.24) is 0 Å². The summed E-state index contributed by atoms with van der Waals surface area (Å²) >= 11 is 0. The molecular formula is C35H64. The zero-order valence-electron chi connectivity index (χ0n) is 27.2. The molecule has 1 aromatic rings. The number of benzene rings is 1. The summed E-state index contributed by atoms with van der Waals surface area (Å²) in [5.41, 5.74) is 6.01. The maximum absolute atomic E-state index is 4.10. The second-order valence-electron chi connectivity index (χ2n) is 13.9. The highest BCUT2D eigenvalue weighted by Gasteiger charge is 2.59. The fourth-order valence-electron chi connectivity index (χ4n) is 4.61. The van der Waals surface area contributed by atoms with E-state index in [-0.39, 0.29) is 10.8 Å². The summed E-state index contributed by atoms with van der Waals surface area (Å²) in [6.45, 7) is 41.8. The van der Waals surface area contributed by atoms with Crippen LogP contribution < -0.4 is 0 Å². The van der Waals surface area contributed by atoms with Crippen molar-refractivity contribution in [2.45, 2.75) is 141 Å². The van der Waals surface area contributed by atoms with Gasteiger partial charge in [0, 0.05) is 0 Å². The predicted octanol–water partition coefficient (Wildman–Crippen LogP) is 11.9. The second kappa shape index (κ2) is 13.9. The maximum atomic E-state index is 4.10. The van der Waals surface area contributed by atoms with Crippen LogP contribution in [0.1, 0.15) is 142 Å². The molecule has 0 aromatic heterocycles. The van der Waals surface area contributed by atoms with Gasteiger partial charge in [0.1, 0.15) is 0 Å². The van der Waals surface area contributed by atoms with Crippen molar-refractivity contribution in [1.29, 1.82) is 0 Å². The first-order valence-corrected chi connectivity index (χ1v) is 14.2. The molecule has 0 radical (unpaired) electrons. The molecule has 1 aliphatic carbocycles. The molecule has 1 aromatic carbocycles. The van der Waals surface area contributed by atoms with Crippen molar-refractivity contribution in [2.75, 3.05) is 0 Å². The van der Waals surface area contributed by atoms with E-state index in [9.17, 15) is 0 Å². The SMILES string of the molecule is C=CC1(C(C)(C)C)CC1/C(=C\C)CC(C)(C)C.CC.CC.CC(C)(C)c1ccc(C(C)(C)C)cc1. The molecule has 0 heteroatoms. The van der Waals surface area contributed by atoms with Crippen LogP contribution in [0.25, 0.3) is 0 Å². The van der Waals surface area contributed by atoms with Gasteiger partial charge in [0.25, 0.3) is 0 Å². The van der Waals surface area contributed by atoms with Crippen LogP contribution in [0.5, 0.6) is 0 Å². The Morgan fingerprint density at radius 1 is 0.771 bits per heavy atom. The zero-order valence-corrected chi connectivity index (χ0v) is 27.2. The van der Waals surface area contributed by atoms with Crippen molar-refractivity contribution in [3.05, 3.63) is 59.7 Å². The first-order valence-electron chi connectivity index (χ1n) is 14.2. The summed E-state index contributed by atoms with van der Waals surface area (Å²) in [5, 5.41) is 0. The van der Waals surface area contributed by atoms with E-state index in [4.69, 9.17) is 0 Å². The molecule has 0 aliphatic heterocycles. The quantitative estimate of drug-likeness (QED) is 0.374. The van der Waals surface area contributed by atoms with Crippen molar-refractivity contribution < 1.29 is 0 Å². The molecule has 0 amide bonds. The maximum Gasteiger partial charge on any atom is -0.0000725 e. The molecule has 0 heterocycles. The number of allylic oxidation sites excluding steroid dienone is 3. The molecule has 2 rings (SSSR count). The van der Waals surface area contributed by atoms with E-state index in [1.165, 1.54) is 24.0 Å². The predicted molar refractivity (Wildman–Crippen MR) is 165 cm³/mol. The molecule has 0 saturated heterocycles. The number of hydrogen-bond donors (Lipinski definition) is 0. The Bertz CT molecular complexity index is 712. The summed E-state index contributed by atoms with van der Waals surface area (Å²) in [7, 11) is 0. The van der Waals surface area contributed by atoms with Crippen molar-refractivity contribution in [3.63, 3.8) is 0 Å². The van der Waals surface area contributed by atoms with Crippen LogP contribution in [0.2, 0.25) is 0 Å². The number of hydrogen-bond acceptors (Lipinski definition) is 0. The molecule has 0 bridgehead atoms. The fraction of sp³-hybridized carbons (Fsp3) is 0.714. The van der Waals surface area contributed by atoms with Crippen LogP contribution in [0, 0.1) is 22.2 Å². The van der Waals surface area contributed by atoms with Crippen LogP contribution in [0.15, 0.2) is 48.6 Å². The molecule has 1 aliphatic rings. The highest BCUT2D eigenvalue weighted by Crippen LogP contribution is 2.67. The fourth-order valence-corrected chi connectivity index (χ4v) is 4.61. The van der Waals surface area contributed by atoms with Crippen molar-refractivity contribution in [3.8, 4) is 0 Å². The molecule has 2 atom stereocenters. The molecule has 0 nitrogen and oxygen atoms in total. The highest BCUT2D eigenvalue weighted by atomic mass is 14.6. The first-order chi connectivity index (χ1) is 15.8. The van der Waals surface area contributed by atoms with Crippen LogP contribution in [0.3, 0.4) is 0 Å². The Kier molecular flexibility index (Phi) is 14.2. The van der Waals surface area contributed by atoms with Gasteiger partial charge in [0.2, 0.25) is 0 Å².